The van der Waals surface area contributed by atoms with Gasteiger partial charge in [-0.05, 0) is 82.3 Å². The van der Waals surface area contributed by atoms with E-state index in [2.05, 4.69) is 56.9 Å². The number of benzene rings is 2. The lowest BCUT2D eigenvalue weighted by molar-refractivity contribution is -0.176. The van der Waals surface area contributed by atoms with E-state index in [1.165, 1.54) is 17.2 Å². The molecule has 0 saturated carbocycles. The normalized spacial score (nSPS) is 16.2. The van der Waals surface area contributed by atoms with Crippen LogP contribution < -0.4 is 4.74 Å². The molecule has 0 atom stereocenters. The van der Waals surface area contributed by atoms with E-state index in [1.54, 1.807) is 18.2 Å². The van der Waals surface area contributed by atoms with Gasteiger partial charge in [-0.2, -0.15) is 0 Å². The van der Waals surface area contributed by atoms with Crippen molar-refractivity contribution in [1.82, 2.24) is 0 Å². The van der Waals surface area contributed by atoms with Gasteiger partial charge in [0.15, 0.2) is 0 Å². The average molecular weight is 468 g/mol. The Morgan fingerprint density at radius 2 is 1.71 bits per heavy atom. The Kier molecular flexibility index (Phi) is 7.90. The van der Waals surface area contributed by atoms with Crippen LogP contribution in [0.3, 0.4) is 0 Å². The standard InChI is InChI=1S/C28H34FNO4/c1-6-7-8-15-33-25-18-23-22(27(2,3)13-14-28(23,4)5)17-21(25)20-16-19(9-11-24(20)30-32)10-12-26(31)34-29/h9-12,16-18H,6-8,13-15H2,1-5H3/b12-10+. The molecule has 0 saturated heterocycles. The fourth-order valence-electron chi connectivity index (χ4n) is 4.60. The van der Waals surface area contributed by atoms with E-state index < -0.39 is 5.97 Å². The predicted octanol–water partition coefficient (Wildman–Crippen LogP) is 8.11. The van der Waals surface area contributed by atoms with Gasteiger partial charge in [-0.25, -0.2) is 4.79 Å². The summed E-state index contributed by atoms with van der Waals surface area (Å²) in [5, 5.41) is 3.25. The molecule has 1 aliphatic rings. The third-order valence-electron chi connectivity index (χ3n) is 6.86. The molecule has 34 heavy (non-hydrogen) atoms. The van der Waals surface area contributed by atoms with Gasteiger partial charge in [0.2, 0.25) is 0 Å². The maximum absolute atomic E-state index is 12.1. The summed E-state index contributed by atoms with van der Waals surface area (Å²) >= 11 is 0. The van der Waals surface area contributed by atoms with Gasteiger partial charge in [-0.3, -0.25) is 4.94 Å². The topological polar surface area (TPSA) is 65.0 Å². The molecule has 2 aromatic rings. The maximum Gasteiger partial charge on any atom is 0.372 e. The maximum atomic E-state index is 12.1. The van der Waals surface area contributed by atoms with Crippen LogP contribution in [-0.2, 0) is 20.6 Å². The summed E-state index contributed by atoms with van der Waals surface area (Å²) in [5.74, 6) is -0.383. The second-order valence-corrected chi connectivity index (χ2v) is 10.3. The lowest BCUT2D eigenvalue weighted by Gasteiger charge is -2.42. The number of halogens is 1. The lowest BCUT2D eigenvalue weighted by Crippen LogP contribution is -2.34. The summed E-state index contributed by atoms with van der Waals surface area (Å²) in [6.07, 6.45) is 7.67. The van der Waals surface area contributed by atoms with Crippen LogP contribution in [0.4, 0.5) is 10.2 Å². The Hall–Kier alpha value is -3.02. The Bertz CT molecular complexity index is 1090. The fourth-order valence-corrected chi connectivity index (χ4v) is 4.60. The van der Waals surface area contributed by atoms with Gasteiger partial charge in [-0.1, -0.05) is 53.5 Å². The van der Waals surface area contributed by atoms with Crippen molar-refractivity contribution in [2.24, 2.45) is 5.18 Å². The van der Waals surface area contributed by atoms with Crippen molar-refractivity contribution in [2.75, 3.05) is 6.61 Å². The van der Waals surface area contributed by atoms with Gasteiger partial charge in [0.25, 0.3) is 0 Å². The number of carbonyl (C=O) groups excluding carboxylic acids is 1. The van der Waals surface area contributed by atoms with Crippen molar-refractivity contribution < 1.29 is 19.0 Å². The molecule has 0 amide bonds. The predicted molar refractivity (Wildman–Crippen MR) is 134 cm³/mol. The molecule has 3 rings (SSSR count). The molecule has 5 nitrogen and oxygen atoms in total. The number of carbonyl (C=O) groups is 1. The molecular formula is C28H34FNO4. The van der Waals surface area contributed by atoms with Crippen molar-refractivity contribution in [3.8, 4) is 16.9 Å². The number of rotatable bonds is 9. The van der Waals surface area contributed by atoms with Crippen LogP contribution in [0.25, 0.3) is 17.2 Å². The third-order valence-corrected chi connectivity index (χ3v) is 6.86. The zero-order valence-corrected chi connectivity index (χ0v) is 20.7. The summed E-state index contributed by atoms with van der Waals surface area (Å²) in [7, 11) is 0. The molecule has 0 N–H and O–H groups in total. The highest BCUT2D eigenvalue weighted by molar-refractivity contribution is 5.88. The van der Waals surface area contributed by atoms with E-state index in [1.807, 2.05) is 0 Å². The number of hydrogen-bond donors (Lipinski definition) is 0. The molecule has 0 fully saturated rings. The van der Waals surface area contributed by atoms with Crippen molar-refractivity contribution >= 4 is 17.7 Å². The van der Waals surface area contributed by atoms with Crippen LogP contribution in [0.15, 0.2) is 41.6 Å². The van der Waals surface area contributed by atoms with Crippen LogP contribution in [0, 0.1) is 4.91 Å². The molecule has 0 spiro atoms. The molecule has 0 aromatic heterocycles. The van der Waals surface area contributed by atoms with E-state index >= 15 is 0 Å². The second kappa shape index (κ2) is 10.5. The van der Waals surface area contributed by atoms with Gasteiger partial charge < -0.3 is 4.74 Å². The first-order valence-corrected chi connectivity index (χ1v) is 11.9. The first-order valence-electron chi connectivity index (χ1n) is 11.9. The van der Waals surface area contributed by atoms with Gasteiger partial charge in [0.1, 0.15) is 11.4 Å². The van der Waals surface area contributed by atoms with Crippen molar-refractivity contribution in [2.45, 2.75) is 77.6 Å². The monoisotopic (exact) mass is 467 g/mol. The van der Waals surface area contributed by atoms with E-state index in [9.17, 15) is 14.2 Å². The van der Waals surface area contributed by atoms with E-state index in [0.29, 0.717) is 17.7 Å². The molecule has 2 aromatic carbocycles. The second-order valence-electron chi connectivity index (χ2n) is 10.3. The van der Waals surface area contributed by atoms with Crippen molar-refractivity contribution in [3.05, 3.63) is 58.0 Å². The first kappa shape index (κ1) is 25.6. The summed E-state index contributed by atoms with van der Waals surface area (Å²) < 4.78 is 18.4. The summed E-state index contributed by atoms with van der Waals surface area (Å²) in [6, 6.07) is 9.28. The minimum absolute atomic E-state index is 0.00790. The lowest BCUT2D eigenvalue weighted by atomic mass is 9.62. The van der Waals surface area contributed by atoms with E-state index in [4.69, 9.17) is 4.74 Å². The number of ether oxygens (including phenoxy) is 1. The summed E-state index contributed by atoms with van der Waals surface area (Å²) in [6.45, 7) is 11.7. The number of nitroso groups, excluding NO2 is 1. The number of fused-ring (bicyclic) bond motifs is 1. The van der Waals surface area contributed by atoms with Gasteiger partial charge >= 0.3 is 5.97 Å². The Labute approximate surface area is 201 Å². The Morgan fingerprint density at radius 3 is 2.32 bits per heavy atom. The van der Waals surface area contributed by atoms with Gasteiger partial charge in [0.05, 0.1) is 6.61 Å². The minimum atomic E-state index is -1.10. The molecule has 0 radical (unpaired) electrons. The highest BCUT2D eigenvalue weighted by atomic mass is 19.3. The zero-order chi connectivity index (χ0) is 24.9. The fraction of sp³-hybridized carbons (Fsp3) is 0.464. The number of nitrogens with zero attached hydrogens (tertiary/aromatic N) is 1. The average Bonchev–Trinajstić information content (AvgIpc) is 2.82. The van der Waals surface area contributed by atoms with Crippen LogP contribution in [0.2, 0.25) is 0 Å². The largest absolute Gasteiger partial charge is 0.493 e. The molecule has 0 heterocycles. The minimum Gasteiger partial charge on any atom is -0.493 e. The molecule has 0 unspecified atom stereocenters. The van der Waals surface area contributed by atoms with Crippen LogP contribution in [-0.4, -0.2) is 12.6 Å². The quantitative estimate of drug-likeness (QED) is 0.212. The van der Waals surface area contributed by atoms with Gasteiger partial charge in [-0.15, -0.1) is 4.91 Å². The third kappa shape index (κ3) is 5.54. The highest BCUT2D eigenvalue weighted by Crippen LogP contribution is 2.50. The first-order chi connectivity index (χ1) is 16.1. The molecule has 182 valence electrons. The van der Waals surface area contributed by atoms with Crippen LogP contribution >= 0.6 is 0 Å². The SMILES string of the molecule is CCCCCOc1cc2c(cc1-c1cc(/C=C/C(=O)OF)ccc1N=O)C(C)(C)CCC2(C)C. The Morgan fingerprint density at radius 1 is 1.03 bits per heavy atom. The van der Waals surface area contributed by atoms with Crippen LogP contribution in [0.5, 0.6) is 5.75 Å². The smallest absolute Gasteiger partial charge is 0.372 e. The summed E-state index contributed by atoms with van der Waals surface area (Å²) in [4.78, 5) is 26.1. The number of hydrogen-bond acceptors (Lipinski definition) is 5. The van der Waals surface area contributed by atoms with Crippen molar-refractivity contribution in [3.63, 3.8) is 0 Å². The molecule has 0 bridgehead atoms. The molecular weight excluding hydrogens is 433 g/mol. The molecule has 1 aliphatic carbocycles. The molecule has 0 aliphatic heterocycles. The van der Waals surface area contributed by atoms with Crippen LogP contribution in [0.1, 0.15) is 83.4 Å². The van der Waals surface area contributed by atoms with E-state index in [0.717, 1.165) is 49.5 Å². The summed E-state index contributed by atoms with van der Waals surface area (Å²) in [5.41, 5.74) is 4.76. The number of unbranched alkanes of at least 4 members (excludes halogenated alkanes) is 2. The van der Waals surface area contributed by atoms with E-state index in [-0.39, 0.29) is 16.5 Å². The van der Waals surface area contributed by atoms with Crippen molar-refractivity contribution in [1.29, 1.82) is 0 Å². The Balaban J connectivity index is 2.20. The zero-order valence-electron chi connectivity index (χ0n) is 20.7. The molecule has 6 heteroatoms. The highest BCUT2D eigenvalue weighted by Gasteiger charge is 2.38. The van der Waals surface area contributed by atoms with Gasteiger partial charge in [0, 0.05) is 21.7 Å².